The Balaban J connectivity index is 0. The average Bonchev–Trinajstić information content (AvgIpc) is 2.17. The fourth-order valence-electron chi connectivity index (χ4n) is 0.911. The van der Waals surface area contributed by atoms with Crippen LogP contribution in [0, 0.1) is 5.92 Å². The van der Waals surface area contributed by atoms with Crippen molar-refractivity contribution in [2.45, 2.75) is 47.2 Å². The van der Waals surface area contributed by atoms with Crippen molar-refractivity contribution >= 4 is 0 Å². The smallest absolute Gasteiger partial charge is 0.127 e. The quantitative estimate of drug-likeness (QED) is 0.575. The Morgan fingerprint density at radius 2 is 1.86 bits per heavy atom. The van der Waals surface area contributed by atoms with Crippen molar-refractivity contribution in [3.63, 3.8) is 0 Å². The Morgan fingerprint density at radius 1 is 1.43 bits per heavy atom. The van der Waals surface area contributed by atoms with E-state index >= 15 is 0 Å². The highest BCUT2D eigenvalue weighted by Crippen LogP contribution is 2.20. The zero-order chi connectivity index (χ0) is 11.7. The van der Waals surface area contributed by atoms with Crippen molar-refractivity contribution in [1.82, 2.24) is 0 Å². The maximum Gasteiger partial charge on any atom is 0.127 e. The summed E-state index contributed by atoms with van der Waals surface area (Å²) in [6, 6.07) is 0. The van der Waals surface area contributed by atoms with E-state index in [1.54, 1.807) is 6.92 Å². The Kier molecular flexibility index (Phi) is 10.1. The van der Waals surface area contributed by atoms with Crippen LogP contribution < -0.4 is 0 Å². The summed E-state index contributed by atoms with van der Waals surface area (Å²) in [5.41, 5.74) is 0.819. The van der Waals surface area contributed by atoms with Crippen LogP contribution in [0.2, 0.25) is 0 Å². The van der Waals surface area contributed by atoms with Gasteiger partial charge in [-0.15, -0.1) is 0 Å². The highest BCUT2D eigenvalue weighted by atomic mass is 19.1. The van der Waals surface area contributed by atoms with Crippen molar-refractivity contribution in [1.29, 1.82) is 0 Å². The van der Waals surface area contributed by atoms with Crippen LogP contribution >= 0.6 is 0 Å². The molecule has 0 spiro atoms. The molecule has 2 unspecified atom stereocenters. The summed E-state index contributed by atoms with van der Waals surface area (Å²) in [7, 11) is 0. The lowest BCUT2D eigenvalue weighted by Crippen LogP contribution is -2.11. The molecule has 0 saturated carbocycles. The third kappa shape index (κ3) is 6.81. The third-order valence-corrected chi connectivity index (χ3v) is 1.96. The lowest BCUT2D eigenvalue weighted by atomic mass is 9.95. The molecule has 0 fully saturated rings. The van der Waals surface area contributed by atoms with Crippen molar-refractivity contribution in [2.75, 3.05) is 0 Å². The van der Waals surface area contributed by atoms with Crippen molar-refractivity contribution in [3.8, 4) is 0 Å². The van der Waals surface area contributed by atoms with E-state index in [1.165, 1.54) is 6.92 Å². The molecule has 0 nitrogen and oxygen atoms in total. The highest BCUT2D eigenvalue weighted by molar-refractivity contribution is 5.07. The first-order valence-electron chi connectivity index (χ1n) is 5.14. The molecule has 0 rings (SSSR count). The summed E-state index contributed by atoms with van der Waals surface area (Å²) in [5, 5.41) is 0. The molecule has 2 heteroatoms. The Labute approximate surface area is 86.7 Å². The lowest BCUT2D eigenvalue weighted by Gasteiger charge is -2.14. The largest absolute Gasteiger partial charge is 0.242 e. The monoisotopic (exact) mass is 204 g/mol. The molecule has 0 aliphatic carbocycles. The van der Waals surface area contributed by atoms with E-state index in [9.17, 15) is 8.78 Å². The van der Waals surface area contributed by atoms with E-state index in [0.29, 0.717) is 0 Å². The zero-order valence-corrected chi connectivity index (χ0v) is 9.90. The molecule has 2 atom stereocenters. The Hall–Kier alpha value is -0.660. The Morgan fingerprint density at radius 3 is 2.14 bits per heavy atom. The molecule has 0 aromatic rings. The van der Waals surface area contributed by atoms with E-state index in [0.717, 1.165) is 18.1 Å². The minimum atomic E-state index is -1.25. The summed E-state index contributed by atoms with van der Waals surface area (Å²) in [5.74, 6) is -0.765. The molecule has 0 aliphatic rings. The maximum atomic E-state index is 13.1. The van der Waals surface area contributed by atoms with Gasteiger partial charge in [0.05, 0.1) is 5.83 Å². The van der Waals surface area contributed by atoms with E-state index in [4.69, 9.17) is 0 Å². The minimum Gasteiger partial charge on any atom is -0.242 e. The molecule has 14 heavy (non-hydrogen) atoms. The van der Waals surface area contributed by atoms with Crippen LogP contribution in [0.5, 0.6) is 0 Å². The summed E-state index contributed by atoms with van der Waals surface area (Å²) < 4.78 is 25.4. The molecule has 0 saturated heterocycles. The first kappa shape index (κ1) is 15.8. The zero-order valence-electron chi connectivity index (χ0n) is 9.90. The second-order valence-corrected chi connectivity index (χ2v) is 3.00. The maximum absolute atomic E-state index is 13.1. The fourth-order valence-corrected chi connectivity index (χ4v) is 0.911. The van der Waals surface area contributed by atoms with E-state index in [-0.39, 0.29) is 5.92 Å². The summed E-state index contributed by atoms with van der Waals surface area (Å²) in [4.78, 5) is 0. The van der Waals surface area contributed by atoms with Gasteiger partial charge in [0.1, 0.15) is 6.17 Å². The van der Waals surface area contributed by atoms with Crippen molar-refractivity contribution in [2.24, 2.45) is 5.92 Å². The van der Waals surface area contributed by atoms with Gasteiger partial charge in [0, 0.05) is 5.92 Å². The molecule has 0 amide bonds. The molecule has 84 valence electrons. The molecule has 0 radical (unpaired) electrons. The number of allylic oxidation sites excluding steroid dienone is 3. The van der Waals surface area contributed by atoms with Gasteiger partial charge in [-0.2, -0.15) is 0 Å². The number of halogens is 2. The van der Waals surface area contributed by atoms with Gasteiger partial charge in [-0.1, -0.05) is 39.8 Å². The minimum absolute atomic E-state index is 0.291. The molecule has 0 aromatic carbocycles. The molecule has 0 aromatic heterocycles. The molecule has 0 aliphatic heterocycles. The number of alkyl halides is 1. The first-order valence-corrected chi connectivity index (χ1v) is 5.14. The van der Waals surface area contributed by atoms with E-state index < -0.39 is 12.0 Å². The predicted molar refractivity (Wildman–Crippen MR) is 59.7 cm³/mol. The molecule has 0 N–H and O–H groups in total. The normalized spacial score (nSPS) is 15.2. The van der Waals surface area contributed by atoms with Gasteiger partial charge >= 0.3 is 0 Å². The predicted octanol–water partition coefficient (Wildman–Crippen LogP) is 4.83. The van der Waals surface area contributed by atoms with Crippen LogP contribution in [0.1, 0.15) is 41.0 Å². The van der Waals surface area contributed by atoms with Gasteiger partial charge in [0.2, 0.25) is 0 Å². The topological polar surface area (TPSA) is 0 Å². The molecule has 0 bridgehead atoms. The van der Waals surface area contributed by atoms with Crippen LogP contribution in [-0.4, -0.2) is 6.17 Å². The standard InChI is InChI=1S/C10H16F2.C2H6/c1-5-7(2)9(4)10(12)6-8(3)11;1-2/h6,9-10H,2,5H2,1,3-4H3;1-2H3/b8-6+;. The van der Waals surface area contributed by atoms with Crippen molar-refractivity contribution < 1.29 is 8.78 Å². The lowest BCUT2D eigenvalue weighted by molar-refractivity contribution is 0.318. The SMILES string of the molecule is C=C(CC)C(C)C(F)/C=C(\C)F.CC. The molecule has 0 heterocycles. The number of hydrogen-bond acceptors (Lipinski definition) is 0. The summed E-state index contributed by atoms with van der Waals surface area (Å²) in [6.45, 7) is 12.6. The van der Waals surface area contributed by atoms with Crippen LogP contribution in [-0.2, 0) is 0 Å². The van der Waals surface area contributed by atoms with Crippen LogP contribution in [0.15, 0.2) is 24.1 Å². The number of rotatable bonds is 4. The van der Waals surface area contributed by atoms with Crippen LogP contribution in [0.4, 0.5) is 8.78 Å². The van der Waals surface area contributed by atoms with Crippen LogP contribution in [0.3, 0.4) is 0 Å². The van der Waals surface area contributed by atoms with Gasteiger partial charge < -0.3 is 0 Å². The fraction of sp³-hybridized carbons (Fsp3) is 0.667. The number of hydrogen-bond donors (Lipinski definition) is 0. The average molecular weight is 204 g/mol. The van der Waals surface area contributed by atoms with Gasteiger partial charge in [-0.05, 0) is 19.4 Å². The second kappa shape index (κ2) is 8.92. The van der Waals surface area contributed by atoms with Gasteiger partial charge in [0.15, 0.2) is 0 Å². The van der Waals surface area contributed by atoms with Crippen molar-refractivity contribution in [3.05, 3.63) is 24.1 Å². The summed E-state index contributed by atoms with van der Waals surface area (Å²) in [6.07, 6.45) is 0.481. The van der Waals surface area contributed by atoms with Gasteiger partial charge in [-0.3, -0.25) is 0 Å². The summed E-state index contributed by atoms with van der Waals surface area (Å²) >= 11 is 0. The molecular formula is C12H22F2. The first-order chi connectivity index (χ1) is 6.49. The van der Waals surface area contributed by atoms with E-state index in [1.807, 2.05) is 20.8 Å². The van der Waals surface area contributed by atoms with E-state index in [2.05, 4.69) is 6.58 Å². The second-order valence-electron chi connectivity index (χ2n) is 3.00. The van der Waals surface area contributed by atoms with Gasteiger partial charge in [-0.25, -0.2) is 8.78 Å². The Bertz CT molecular complexity index is 179. The third-order valence-electron chi connectivity index (χ3n) is 1.96. The highest BCUT2D eigenvalue weighted by Gasteiger charge is 2.15. The molecular weight excluding hydrogens is 182 g/mol. The van der Waals surface area contributed by atoms with Gasteiger partial charge in [0.25, 0.3) is 0 Å². The van der Waals surface area contributed by atoms with Crippen LogP contribution in [0.25, 0.3) is 0 Å².